The first-order valence-corrected chi connectivity index (χ1v) is 16.4. The van der Waals surface area contributed by atoms with E-state index < -0.39 is 15.8 Å². The SMILES string of the molecule is CN(C)c1ccccc1P(CP(c1ccccc1N(C)C)c1ccccc1N(C)C)c1ccccc1N(C)C. The number of hydrogen-bond donors (Lipinski definition) is 0. The van der Waals surface area contributed by atoms with E-state index in [2.05, 4.69) is 173 Å². The maximum absolute atomic E-state index is 2.36. The molecule has 0 spiro atoms. The van der Waals surface area contributed by atoms with Gasteiger partial charge >= 0.3 is 0 Å². The number of para-hydroxylation sites is 4. The first-order chi connectivity index (χ1) is 18.7. The molecule has 4 aromatic carbocycles. The van der Waals surface area contributed by atoms with Gasteiger partial charge in [0.15, 0.2) is 0 Å². The summed E-state index contributed by atoms with van der Waals surface area (Å²) in [5.41, 5.74) is 5.20. The second-order valence-corrected chi connectivity index (χ2v) is 15.3. The molecule has 0 fully saturated rings. The molecule has 0 aromatic heterocycles. The molecule has 4 rings (SSSR count). The zero-order valence-electron chi connectivity index (χ0n) is 24.6. The summed E-state index contributed by atoms with van der Waals surface area (Å²) >= 11 is 0. The Kier molecular flexibility index (Phi) is 9.54. The van der Waals surface area contributed by atoms with Crippen molar-refractivity contribution in [2.45, 2.75) is 0 Å². The third-order valence-corrected chi connectivity index (χ3v) is 13.0. The molecule has 0 radical (unpaired) electrons. The van der Waals surface area contributed by atoms with Gasteiger partial charge in [-0.1, -0.05) is 72.8 Å². The molecular weight excluding hydrogens is 514 g/mol. The number of benzene rings is 4. The highest BCUT2D eigenvalue weighted by Crippen LogP contribution is 2.53. The van der Waals surface area contributed by atoms with Crippen LogP contribution in [0.2, 0.25) is 0 Å². The van der Waals surface area contributed by atoms with Gasteiger partial charge in [0.2, 0.25) is 0 Å². The van der Waals surface area contributed by atoms with Gasteiger partial charge in [-0.15, -0.1) is 0 Å². The molecule has 0 saturated carbocycles. The van der Waals surface area contributed by atoms with E-state index in [1.54, 1.807) is 0 Å². The van der Waals surface area contributed by atoms with Gasteiger partial charge in [-0.2, -0.15) is 0 Å². The molecule has 0 saturated heterocycles. The number of nitrogens with zero attached hydrogens (tertiary/aromatic N) is 4. The average molecular weight is 557 g/mol. The number of rotatable bonds is 10. The van der Waals surface area contributed by atoms with Gasteiger partial charge in [-0.05, 0) is 40.1 Å². The van der Waals surface area contributed by atoms with Gasteiger partial charge in [0.05, 0.1) is 0 Å². The summed E-state index contributed by atoms with van der Waals surface area (Å²) in [6.07, 6.45) is 0. The normalized spacial score (nSPS) is 11.1. The van der Waals surface area contributed by atoms with Crippen molar-refractivity contribution in [3.63, 3.8) is 0 Å². The van der Waals surface area contributed by atoms with Gasteiger partial charge < -0.3 is 19.6 Å². The van der Waals surface area contributed by atoms with Crippen LogP contribution in [0.3, 0.4) is 0 Å². The van der Waals surface area contributed by atoms with Crippen molar-refractivity contribution < 1.29 is 0 Å². The Balaban J connectivity index is 2.01. The zero-order valence-corrected chi connectivity index (χ0v) is 26.4. The average Bonchev–Trinajstić information content (AvgIpc) is 2.93. The smallest absolute Gasteiger partial charge is 0.0442 e. The van der Waals surface area contributed by atoms with Crippen molar-refractivity contribution >= 4 is 59.8 Å². The van der Waals surface area contributed by atoms with Crippen molar-refractivity contribution in [2.75, 3.05) is 81.9 Å². The lowest BCUT2D eigenvalue weighted by Crippen LogP contribution is -2.29. The van der Waals surface area contributed by atoms with E-state index >= 15 is 0 Å². The lowest BCUT2D eigenvalue weighted by molar-refractivity contribution is 1.14. The summed E-state index contributed by atoms with van der Waals surface area (Å²) in [4.78, 5) is 9.08. The van der Waals surface area contributed by atoms with E-state index in [1.807, 2.05) is 0 Å². The monoisotopic (exact) mass is 556 g/mol. The van der Waals surface area contributed by atoms with Crippen molar-refractivity contribution in [1.82, 2.24) is 0 Å². The Hall–Kier alpha value is -3.06. The zero-order chi connectivity index (χ0) is 28.1. The van der Waals surface area contributed by atoms with E-state index in [4.69, 9.17) is 0 Å². The third kappa shape index (κ3) is 6.40. The van der Waals surface area contributed by atoms with Gasteiger partial charge in [0.25, 0.3) is 0 Å². The molecule has 6 heteroatoms. The van der Waals surface area contributed by atoms with Crippen LogP contribution in [0.15, 0.2) is 97.1 Å². The van der Waals surface area contributed by atoms with Crippen LogP contribution < -0.4 is 40.8 Å². The molecule has 0 unspecified atom stereocenters. The molecule has 4 nitrogen and oxygen atoms in total. The molecule has 0 aliphatic rings. The van der Waals surface area contributed by atoms with Crippen LogP contribution in [0, 0.1) is 0 Å². The van der Waals surface area contributed by atoms with Crippen LogP contribution in [0.25, 0.3) is 0 Å². The summed E-state index contributed by atoms with van der Waals surface area (Å²) in [6.45, 7) is 0. The van der Waals surface area contributed by atoms with E-state index in [0.717, 1.165) is 5.90 Å². The van der Waals surface area contributed by atoms with Crippen LogP contribution >= 0.6 is 15.8 Å². The molecular formula is C33H42N4P2. The lowest BCUT2D eigenvalue weighted by atomic mass is 10.3. The Bertz CT molecular complexity index is 1180. The van der Waals surface area contributed by atoms with Crippen LogP contribution in [0.4, 0.5) is 22.7 Å². The first-order valence-electron chi connectivity index (χ1n) is 13.3. The standard InChI is InChI=1S/C33H42N4P2/c1-34(2)26-17-9-13-21-30(26)38(31-22-14-10-18-27(31)35(3)4)25-39(32-23-15-11-19-28(32)36(5)6)33-24-16-12-20-29(33)37(7)8/h9-24H,25H2,1-8H3. The molecule has 0 atom stereocenters. The molecule has 0 amide bonds. The topological polar surface area (TPSA) is 13.0 Å². The molecule has 39 heavy (non-hydrogen) atoms. The van der Waals surface area contributed by atoms with Gasteiger partial charge in [0.1, 0.15) is 0 Å². The number of hydrogen-bond acceptors (Lipinski definition) is 4. The summed E-state index contributed by atoms with van der Waals surface area (Å²) in [6, 6.07) is 36.0. The highest BCUT2D eigenvalue weighted by atomic mass is 31.2. The minimum absolute atomic E-state index is 0.699. The van der Waals surface area contributed by atoms with E-state index in [9.17, 15) is 0 Å². The quantitative estimate of drug-likeness (QED) is 0.240. The Morgan fingerprint density at radius 2 is 0.564 bits per heavy atom. The highest BCUT2D eigenvalue weighted by Gasteiger charge is 2.29. The van der Waals surface area contributed by atoms with Crippen LogP contribution in [-0.2, 0) is 0 Å². The van der Waals surface area contributed by atoms with E-state index in [0.29, 0.717) is 0 Å². The summed E-state index contributed by atoms with van der Waals surface area (Å²) in [7, 11) is 15.9. The fourth-order valence-corrected chi connectivity index (χ4v) is 12.3. The van der Waals surface area contributed by atoms with Crippen molar-refractivity contribution in [2.24, 2.45) is 0 Å². The molecule has 0 heterocycles. The highest BCUT2D eigenvalue weighted by molar-refractivity contribution is 7.89. The second kappa shape index (κ2) is 12.9. The van der Waals surface area contributed by atoms with Gasteiger partial charge in [-0.3, -0.25) is 0 Å². The maximum Gasteiger partial charge on any atom is 0.0442 e. The second-order valence-electron chi connectivity index (χ2n) is 10.5. The summed E-state index contributed by atoms with van der Waals surface area (Å²) < 4.78 is 0. The Labute approximate surface area is 238 Å². The summed E-state index contributed by atoms with van der Waals surface area (Å²) in [5, 5.41) is 5.74. The fraction of sp³-hybridized carbons (Fsp3) is 0.273. The van der Waals surface area contributed by atoms with Crippen molar-refractivity contribution in [1.29, 1.82) is 0 Å². The predicted octanol–water partition coefficient (Wildman–Crippen LogP) is 5.47. The minimum atomic E-state index is -0.699. The van der Waals surface area contributed by atoms with Crippen LogP contribution in [0.5, 0.6) is 0 Å². The molecule has 0 N–H and O–H groups in total. The first kappa shape index (κ1) is 28.9. The van der Waals surface area contributed by atoms with Crippen LogP contribution in [-0.4, -0.2) is 62.3 Å². The van der Waals surface area contributed by atoms with E-state index in [-0.39, 0.29) is 0 Å². The largest absolute Gasteiger partial charge is 0.377 e. The lowest BCUT2D eigenvalue weighted by Gasteiger charge is -2.34. The van der Waals surface area contributed by atoms with Crippen molar-refractivity contribution in [3.05, 3.63) is 97.1 Å². The van der Waals surface area contributed by atoms with Crippen molar-refractivity contribution in [3.8, 4) is 0 Å². The maximum atomic E-state index is 2.36. The van der Waals surface area contributed by atoms with Crippen LogP contribution in [0.1, 0.15) is 0 Å². The molecule has 4 aromatic rings. The van der Waals surface area contributed by atoms with E-state index in [1.165, 1.54) is 44.0 Å². The Morgan fingerprint density at radius 3 is 0.769 bits per heavy atom. The van der Waals surface area contributed by atoms with Gasteiger partial charge in [0, 0.05) is 106 Å². The fourth-order valence-electron chi connectivity index (χ4n) is 4.99. The van der Waals surface area contributed by atoms with Gasteiger partial charge in [-0.25, -0.2) is 0 Å². The number of anilines is 4. The minimum Gasteiger partial charge on any atom is -0.377 e. The molecule has 0 bridgehead atoms. The molecule has 0 aliphatic heterocycles. The third-order valence-electron chi connectivity index (χ3n) is 6.90. The Morgan fingerprint density at radius 1 is 0.359 bits per heavy atom. The molecule has 0 aliphatic carbocycles. The predicted molar refractivity (Wildman–Crippen MR) is 180 cm³/mol. The summed E-state index contributed by atoms with van der Waals surface area (Å²) in [5.74, 6) is 1.07. The molecule has 204 valence electrons.